The Morgan fingerprint density at radius 3 is 2.43 bits per heavy atom. The Balaban J connectivity index is 2.04. The fourth-order valence-corrected chi connectivity index (χ4v) is 2.08. The standard InChI is InChI=1S/C17H20N2O2/c1-4-13-5-9-16(10-6-13)19(2)12-15-8-7-14(11-18-15)17(20)21-3/h5-11H,4,12H2,1-3H3. The van der Waals surface area contributed by atoms with Gasteiger partial charge in [-0.2, -0.15) is 0 Å². The van der Waals surface area contributed by atoms with E-state index in [0.717, 1.165) is 17.8 Å². The van der Waals surface area contributed by atoms with Crippen molar-refractivity contribution in [1.82, 2.24) is 4.98 Å². The molecule has 1 aromatic heterocycles. The van der Waals surface area contributed by atoms with Gasteiger partial charge in [0.2, 0.25) is 0 Å². The molecule has 1 aromatic carbocycles. The van der Waals surface area contributed by atoms with Crippen molar-refractivity contribution in [1.29, 1.82) is 0 Å². The van der Waals surface area contributed by atoms with Crippen molar-refractivity contribution in [3.8, 4) is 0 Å². The first-order valence-corrected chi connectivity index (χ1v) is 6.97. The lowest BCUT2D eigenvalue weighted by atomic mass is 10.1. The van der Waals surface area contributed by atoms with E-state index in [-0.39, 0.29) is 5.97 Å². The van der Waals surface area contributed by atoms with Crippen LogP contribution in [0.5, 0.6) is 0 Å². The highest BCUT2D eigenvalue weighted by atomic mass is 16.5. The molecule has 4 heteroatoms. The summed E-state index contributed by atoms with van der Waals surface area (Å²) in [7, 11) is 3.39. The van der Waals surface area contributed by atoms with Crippen LogP contribution in [0, 0.1) is 0 Å². The van der Waals surface area contributed by atoms with Crippen molar-refractivity contribution in [3.63, 3.8) is 0 Å². The summed E-state index contributed by atoms with van der Waals surface area (Å²) in [5.74, 6) is -0.363. The molecule has 0 aliphatic carbocycles. The lowest BCUT2D eigenvalue weighted by Gasteiger charge is -2.19. The summed E-state index contributed by atoms with van der Waals surface area (Å²) in [6.07, 6.45) is 2.59. The summed E-state index contributed by atoms with van der Waals surface area (Å²) in [6, 6.07) is 12.1. The van der Waals surface area contributed by atoms with E-state index in [1.165, 1.54) is 12.7 Å². The van der Waals surface area contributed by atoms with Crippen LogP contribution >= 0.6 is 0 Å². The second kappa shape index (κ2) is 6.88. The molecule has 0 fully saturated rings. The van der Waals surface area contributed by atoms with Crippen LogP contribution in [-0.2, 0) is 17.7 Å². The highest BCUT2D eigenvalue weighted by Gasteiger charge is 2.07. The topological polar surface area (TPSA) is 42.4 Å². The average Bonchev–Trinajstić information content (AvgIpc) is 2.55. The predicted molar refractivity (Wildman–Crippen MR) is 83.5 cm³/mol. The third-order valence-electron chi connectivity index (χ3n) is 3.43. The maximum absolute atomic E-state index is 11.4. The number of carbonyl (C=O) groups is 1. The third-order valence-corrected chi connectivity index (χ3v) is 3.43. The first kappa shape index (κ1) is 15.0. The van der Waals surface area contributed by atoms with Crippen molar-refractivity contribution in [2.75, 3.05) is 19.1 Å². The van der Waals surface area contributed by atoms with Gasteiger partial charge in [-0.25, -0.2) is 4.79 Å². The van der Waals surface area contributed by atoms with Crippen molar-refractivity contribution in [2.24, 2.45) is 0 Å². The number of benzene rings is 1. The molecule has 2 rings (SSSR count). The Morgan fingerprint density at radius 2 is 1.90 bits per heavy atom. The molecule has 21 heavy (non-hydrogen) atoms. The van der Waals surface area contributed by atoms with Gasteiger partial charge in [-0.15, -0.1) is 0 Å². The maximum Gasteiger partial charge on any atom is 0.339 e. The Morgan fingerprint density at radius 1 is 1.19 bits per heavy atom. The fourth-order valence-electron chi connectivity index (χ4n) is 2.08. The van der Waals surface area contributed by atoms with Gasteiger partial charge in [-0.05, 0) is 36.2 Å². The monoisotopic (exact) mass is 284 g/mol. The second-order valence-corrected chi connectivity index (χ2v) is 4.91. The van der Waals surface area contributed by atoms with Crippen LogP contribution in [0.4, 0.5) is 5.69 Å². The Bertz CT molecular complexity index is 591. The minimum atomic E-state index is -0.363. The summed E-state index contributed by atoms with van der Waals surface area (Å²) >= 11 is 0. The molecule has 0 bridgehead atoms. The Labute approximate surface area is 125 Å². The minimum absolute atomic E-state index is 0.363. The number of rotatable bonds is 5. The highest BCUT2D eigenvalue weighted by molar-refractivity contribution is 5.88. The average molecular weight is 284 g/mol. The summed E-state index contributed by atoms with van der Waals surface area (Å²) in [5, 5.41) is 0. The van der Waals surface area contributed by atoms with Crippen LogP contribution < -0.4 is 4.90 Å². The summed E-state index contributed by atoms with van der Waals surface area (Å²) < 4.78 is 4.66. The highest BCUT2D eigenvalue weighted by Crippen LogP contribution is 2.16. The molecule has 4 nitrogen and oxygen atoms in total. The maximum atomic E-state index is 11.4. The molecule has 0 saturated carbocycles. The van der Waals surface area contributed by atoms with Crippen LogP contribution in [0.2, 0.25) is 0 Å². The van der Waals surface area contributed by atoms with Gasteiger partial charge < -0.3 is 9.64 Å². The molecule has 0 amide bonds. The zero-order chi connectivity index (χ0) is 15.2. The molecule has 0 radical (unpaired) electrons. The number of pyridine rings is 1. The van der Waals surface area contributed by atoms with Crippen molar-refractivity contribution < 1.29 is 9.53 Å². The fraction of sp³-hybridized carbons (Fsp3) is 0.294. The van der Waals surface area contributed by atoms with E-state index >= 15 is 0 Å². The van der Waals surface area contributed by atoms with Crippen LogP contribution in [0.25, 0.3) is 0 Å². The van der Waals surface area contributed by atoms with Crippen molar-refractivity contribution in [3.05, 3.63) is 59.4 Å². The molecule has 0 unspecified atom stereocenters. The molecule has 1 heterocycles. The number of esters is 1. The minimum Gasteiger partial charge on any atom is -0.465 e. The summed E-state index contributed by atoms with van der Waals surface area (Å²) in [5.41, 5.74) is 3.85. The molecule has 0 aliphatic heterocycles. The molecule has 0 aliphatic rings. The number of hydrogen-bond acceptors (Lipinski definition) is 4. The van der Waals surface area contributed by atoms with Gasteiger partial charge in [0.15, 0.2) is 0 Å². The smallest absolute Gasteiger partial charge is 0.339 e. The SMILES string of the molecule is CCc1ccc(N(C)Cc2ccc(C(=O)OC)cn2)cc1. The quantitative estimate of drug-likeness (QED) is 0.791. The number of aromatic nitrogens is 1. The van der Waals surface area contributed by atoms with Gasteiger partial charge >= 0.3 is 5.97 Å². The largest absolute Gasteiger partial charge is 0.465 e. The van der Waals surface area contributed by atoms with E-state index in [9.17, 15) is 4.79 Å². The van der Waals surface area contributed by atoms with Crippen LogP contribution in [0.3, 0.4) is 0 Å². The number of aryl methyl sites for hydroxylation is 1. The van der Waals surface area contributed by atoms with E-state index in [0.29, 0.717) is 12.1 Å². The number of anilines is 1. The molecule has 0 spiro atoms. The van der Waals surface area contributed by atoms with E-state index in [4.69, 9.17) is 0 Å². The molecule has 0 atom stereocenters. The lowest BCUT2D eigenvalue weighted by molar-refractivity contribution is 0.0600. The first-order chi connectivity index (χ1) is 10.1. The second-order valence-electron chi connectivity index (χ2n) is 4.91. The molecule has 2 aromatic rings. The normalized spacial score (nSPS) is 10.2. The van der Waals surface area contributed by atoms with E-state index < -0.39 is 0 Å². The van der Waals surface area contributed by atoms with Gasteiger partial charge in [0, 0.05) is 18.9 Å². The number of nitrogens with zero attached hydrogens (tertiary/aromatic N) is 2. The van der Waals surface area contributed by atoms with E-state index in [2.05, 4.69) is 45.8 Å². The van der Waals surface area contributed by atoms with Crippen LogP contribution in [0.1, 0.15) is 28.5 Å². The Hall–Kier alpha value is -2.36. The summed E-state index contributed by atoms with van der Waals surface area (Å²) in [6.45, 7) is 2.83. The number of methoxy groups -OCH3 is 1. The zero-order valence-electron chi connectivity index (χ0n) is 12.7. The first-order valence-electron chi connectivity index (χ1n) is 6.97. The number of ether oxygens (including phenoxy) is 1. The zero-order valence-corrected chi connectivity index (χ0v) is 12.7. The van der Waals surface area contributed by atoms with Gasteiger partial charge in [0.25, 0.3) is 0 Å². The molecular formula is C17H20N2O2. The van der Waals surface area contributed by atoms with Gasteiger partial charge in [-0.1, -0.05) is 19.1 Å². The van der Waals surface area contributed by atoms with Crippen molar-refractivity contribution in [2.45, 2.75) is 19.9 Å². The molecular weight excluding hydrogens is 264 g/mol. The van der Waals surface area contributed by atoms with Crippen molar-refractivity contribution >= 4 is 11.7 Å². The molecule has 0 saturated heterocycles. The predicted octanol–water partition coefficient (Wildman–Crippen LogP) is 3.07. The van der Waals surface area contributed by atoms with E-state index in [1.807, 2.05) is 13.1 Å². The van der Waals surface area contributed by atoms with Crippen LogP contribution in [0.15, 0.2) is 42.6 Å². The van der Waals surface area contributed by atoms with Gasteiger partial charge in [0.05, 0.1) is 24.9 Å². The number of hydrogen-bond donors (Lipinski definition) is 0. The number of carbonyl (C=O) groups excluding carboxylic acids is 1. The Kier molecular flexibility index (Phi) is 4.93. The van der Waals surface area contributed by atoms with E-state index in [1.54, 1.807) is 12.3 Å². The van der Waals surface area contributed by atoms with Gasteiger partial charge in [0.1, 0.15) is 0 Å². The third kappa shape index (κ3) is 3.81. The summed E-state index contributed by atoms with van der Waals surface area (Å²) in [4.78, 5) is 17.8. The van der Waals surface area contributed by atoms with Crippen LogP contribution in [-0.4, -0.2) is 25.1 Å². The molecule has 0 N–H and O–H groups in total. The molecule has 110 valence electrons. The van der Waals surface area contributed by atoms with Gasteiger partial charge in [-0.3, -0.25) is 4.98 Å². The lowest BCUT2D eigenvalue weighted by Crippen LogP contribution is -2.17.